The predicted molar refractivity (Wildman–Crippen MR) is 120 cm³/mol. The quantitative estimate of drug-likeness (QED) is 0.290. The molecule has 14 heteroatoms. The molecule has 0 saturated carbocycles. The lowest BCUT2D eigenvalue weighted by molar-refractivity contribution is 0.0950. The highest BCUT2D eigenvalue weighted by Gasteiger charge is 2.26. The fourth-order valence-electron chi connectivity index (χ4n) is 3.38. The molecule has 1 amide bonds. The molecule has 2 aromatic heterocycles. The maximum Gasteiger partial charge on any atom is 0.294 e. The van der Waals surface area contributed by atoms with Gasteiger partial charge in [0, 0.05) is 5.56 Å². The molecular formula is C21H18N8O6. The highest BCUT2D eigenvalue weighted by atomic mass is 16.7. The van der Waals surface area contributed by atoms with E-state index in [4.69, 9.17) is 24.7 Å². The largest absolute Gasteiger partial charge is 0.493 e. The first-order chi connectivity index (χ1) is 17.1. The number of nitrogens with zero attached hydrogens (tertiary/aromatic N) is 6. The van der Waals surface area contributed by atoms with Gasteiger partial charge in [-0.05, 0) is 52.3 Å². The number of carbonyl (C=O) groups excluding carboxylic acids is 1. The number of methoxy groups -OCH3 is 2. The van der Waals surface area contributed by atoms with Gasteiger partial charge < -0.3 is 24.7 Å². The second-order valence-corrected chi connectivity index (χ2v) is 7.05. The zero-order valence-corrected chi connectivity index (χ0v) is 18.5. The first kappa shape index (κ1) is 21.7. The highest BCUT2D eigenvalue weighted by molar-refractivity contribution is 5.99. The molecule has 0 spiro atoms. The maximum absolute atomic E-state index is 13.0. The van der Waals surface area contributed by atoms with Crippen LogP contribution in [-0.4, -0.2) is 58.4 Å². The Kier molecular flexibility index (Phi) is 5.58. The number of aromatic nitrogens is 5. The van der Waals surface area contributed by atoms with Crippen LogP contribution >= 0.6 is 0 Å². The van der Waals surface area contributed by atoms with Crippen molar-refractivity contribution in [3.63, 3.8) is 0 Å². The number of benzene rings is 2. The van der Waals surface area contributed by atoms with Crippen molar-refractivity contribution in [3.05, 3.63) is 47.7 Å². The van der Waals surface area contributed by atoms with Crippen LogP contribution in [0.1, 0.15) is 16.1 Å². The second kappa shape index (κ2) is 9.01. The predicted octanol–water partition coefficient (Wildman–Crippen LogP) is 1.41. The summed E-state index contributed by atoms with van der Waals surface area (Å²) in [4.78, 5) is 13.0. The van der Waals surface area contributed by atoms with E-state index in [-0.39, 0.29) is 29.8 Å². The minimum atomic E-state index is -0.629. The molecule has 0 aliphatic carbocycles. The lowest BCUT2D eigenvalue weighted by atomic mass is 10.1. The van der Waals surface area contributed by atoms with E-state index in [1.54, 1.807) is 43.5 Å². The standard InChI is InChI=1S/C21H18N8O6/c1-31-13-5-3-11(7-15(13)32-2)9-23-25-21(30)17-18(12-4-6-14-16(8-12)34-10-33-14)29(28-24-17)20-19(22)26-35-27-20/h3-9H,10H2,1-2H3,(H2,22,26)(H,25,30). The lowest BCUT2D eigenvalue weighted by Gasteiger charge is -2.07. The van der Waals surface area contributed by atoms with E-state index in [0.29, 0.717) is 34.1 Å². The van der Waals surface area contributed by atoms with E-state index in [1.165, 1.54) is 18.0 Å². The van der Waals surface area contributed by atoms with Gasteiger partial charge in [-0.1, -0.05) is 5.21 Å². The number of hydrogen-bond donors (Lipinski definition) is 2. The van der Waals surface area contributed by atoms with E-state index in [1.807, 2.05) is 0 Å². The summed E-state index contributed by atoms with van der Waals surface area (Å²) < 4.78 is 27.2. The number of nitrogen functional groups attached to an aromatic ring is 1. The summed E-state index contributed by atoms with van der Waals surface area (Å²) in [5, 5.41) is 19.4. The molecule has 0 fully saturated rings. The molecule has 35 heavy (non-hydrogen) atoms. The van der Waals surface area contributed by atoms with Crippen LogP contribution in [0.3, 0.4) is 0 Å². The van der Waals surface area contributed by atoms with Gasteiger partial charge in [-0.3, -0.25) is 4.79 Å². The topological polar surface area (TPSA) is 174 Å². The molecule has 0 bridgehead atoms. The molecule has 3 heterocycles. The number of hydrogen-bond acceptors (Lipinski definition) is 12. The third-order valence-electron chi connectivity index (χ3n) is 5.01. The number of amides is 1. The lowest BCUT2D eigenvalue weighted by Crippen LogP contribution is -2.19. The van der Waals surface area contributed by atoms with E-state index in [2.05, 4.69) is 35.8 Å². The molecule has 0 saturated heterocycles. The van der Waals surface area contributed by atoms with Gasteiger partial charge in [0.15, 0.2) is 28.7 Å². The van der Waals surface area contributed by atoms with Crippen molar-refractivity contribution < 1.29 is 28.4 Å². The van der Waals surface area contributed by atoms with Crippen molar-refractivity contribution in [2.45, 2.75) is 0 Å². The molecule has 1 aliphatic rings. The average molecular weight is 478 g/mol. The molecule has 5 rings (SSSR count). The van der Waals surface area contributed by atoms with Crippen LogP contribution in [0.5, 0.6) is 23.0 Å². The molecule has 178 valence electrons. The Hall–Kier alpha value is -5.14. The van der Waals surface area contributed by atoms with Gasteiger partial charge in [-0.25, -0.2) is 10.1 Å². The van der Waals surface area contributed by atoms with Crippen molar-refractivity contribution in [1.82, 2.24) is 30.7 Å². The highest BCUT2D eigenvalue weighted by Crippen LogP contribution is 2.37. The van der Waals surface area contributed by atoms with Gasteiger partial charge in [0.05, 0.1) is 20.4 Å². The zero-order chi connectivity index (χ0) is 24.4. The van der Waals surface area contributed by atoms with E-state index < -0.39 is 5.91 Å². The number of nitrogens with two attached hydrogens (primary N) is 1. The molecule has 14 nitrogen and oxygen atoms in total. The Morgan fingerprint density at radius 3 is 2.71 bits per heavy atom. The van der Waals surface area contributed by atoms with Crippen LogP contribution in [0.25, 0.3) is 17.1 Å². The summed E-state index contributed by atoms with van der Waals surface area (Å²) in [6, 6.07) is 10.3. The van der Waals surface area contributed by atoms with Gasteiger partial charge in [0.2, 0.25) is 18.4 Å². The Morgan fingerprint density at radius 1 is 1.11 bits per heavy atom. The number of anilines is 1. The molecule has 0 radical (unpaired) electrons. The summed E-state index contributed by atoms with van der Waals surface area (Å²) >= 11 is 0. The number of fused-ring (bicyclic) bond motifs is 1. The fourth-order valence-corrected chi connectivity index (χ4v) is 3.38. The van der Waals surface area contributed by atoms with E-state index >= 15 is 0 Å². The summed E-state index contributed by atoms with van der Waals surface area (Å²) in [5.74, 6) is 1.57. The first-order valence-corrected chi connectivity index (χ1v) is 10.1. The van der Waals surface area contributed by atoms with Crippen LogP contribution in [-0.2, 0) is 0 Å². The first-order valence-electron chi connectivity index (χ1n) is 10.1. The molecular weight excluding hydrogens is 460 g/mol. The normalized spacial score (nSPS) is 12.2. The Balaban J connectivity index is 1.47. The third kappa shape index (κ3) is 4.03. The van der Waals surface area contributed by atoms with Gasteiger partial charge in [-0.15, -0.1) is 5.10 Å². The van der Waals surface area contributed by atoms with Crippen LogP contribution in [0.2, 0.25) is 0 Å². The van der Waals surface area contributed by atoms with Gasteiger partial charge in [0.1, 0.15) is 5.69 Å². The Labute approximate surface area is 197 Å². The minimum Gasteiger partial charge on any atom is -0.493 e. The van der Waals surface area contributed by atoms with Gasteiger partial charge >= 0.3 is 0 Å². The van der Waals surface area contributed by atoms with Crippen molar-refractivity contribution >= 4 is 17.9 Å². The van der Waals surface area contributed by atoms with Gasteiger partial charge in [-0.2, -0.15) is 9.78 Å². The van der Waals surface area contributed by atoms with Crippen molar-refractivity contribution in [2.75, 3.05) is 26.7 Å². The average Bonchev–Trinajstić information content (AvgIpc) is 3.62. The molecule has 0 unspecified atom stereocenters. The molecule has 0 atom stereocenters. The molecule has 3 N–H and O–H groups in total. The second-order valence-electron chi connectivity index (χ2n) is 7.05. The maximum atomic E-state index is 13.0. The summed E-state index contributed by atoms with van der Waals surface area (Å²) in [6.07, 6.45) is 1.45. The van der Waals surface area contributed by atoms with Crippen LogP contribution in [0.4, 0.5) is 5.82 Å². The Morgan fingerprint density at radius 2 is 1.94 bits per heavy atom. The summed E-state index contributed by atoms with van der Waals surface area (Å²) in [7, 11) is 3.07. The molecule has 1 aliphatic heterocycles. The number of carbonyl (C=O) groups is 1. The van der Waals surface area contributed by atoms with Crippen LogP contribution in [0.15, 0.2) is 46.1 Å². The fraction of sp³-hybridized carbons (Fsp3) is 0.143. The molecule has 4 aromatic rings. The van der Waals surface area contributed by atoms with Crippen LogP contribution < -0.4 is 30.1 Å². The number of ether oxygens (including phenoxy) is 4. The molecule has 2 aromatic carbocycles. The number of nitrogens with one attached hydrogen (secondary N) is 1. The summed E-state index contributed by atoms with van der Waals surface area (Å²) in [6.45, 7) is 0.0919. The van der Waals surface area contributed by atoms with Crippen molar-refractivity contribution in [3.8, 4) is 40.1 Å². The van der Waals surface area contributed by atoms with Crippen molar-refractivity contribution in [1.29, 1.82) is 0 Å². The summed E-state index contributed by atoms with van der Waals surface area (Å²) in [5.41, 5.74) is 9.72. The van der Waals surface area contributed by atoms with E-state index in [9.17, 15) is 4.79 Å². The minimum absolute atomic E-state index is 0.0321. The zero-order valence-electron chi connectivity index (χ0n) is 18.5. The van der Waals surface area contributed by atoms with Gasteiger partial charge in [0.25, 0.3) is 5.91 Å². The Bertz CT molecular complexity index is 1430. The van der Waals surface area contributed by atoms with E-state index in [0.717, 1.165) is 0 Å². The smallest absolute Gasteiger partial charge is 0.294 e. The van der Waals surface area contributed by atoms with Crippen LogP contribution in [0, 0.1) is 0 Å². The third-order valence-corrected chi connectivity index (χ3v) is 5.01. The number of rotatable bonds is 7. The monoisotopic (exact) mass is 478 g/mol. The SMILES string of the molecule is COc1ccc(C=NNC(=O)c2nnn(-c3nonc3N)c2-c2ccc3c(c2)OCO3)cc1OC. The van der Waals surface area contributed by atoms with Crippen molar-refractivity contribution in [2.24, 2.45) is 5.10 Å². The number of hydrazone groups is 1.